The summed E-state index contributed by atoms with van der Waals surface area (Å²) < 4.78 is 25.5. The molecule has 0 atom stereocenters. The van der Waals surface area contributed by atoms with Crippen LogP contribution in [0.4, 0.5) is 4.39 Å². The topological polar surface area (TPSA) is 35.5 Å². The second kappa shape index (κ2) is 7.90. The van der Waals surface area contributed by atoms with E-state index in [2.05, 4.69) is 19.9 Å². The maximum atomic E-state index is 13.9. The molecule has 164 valence electrons. The summed E-state index contributed by atoms with van der Waals surface area (Å²) in [4.78, 5) is 13.5. The Balaban J connectivity index is 1.85. The Kier molecular flexibility index (Phi) is 5.55. The lowest BCUT2D eigenvalue weighted by Gasteiger charge is -2.44. The van der Waals surface area contributed by atoms with Crippen LogP contribution >= 0.6 is 0 Å². The third-order valence-electron chi connectivity index (χ3n) is 6.93. The van der Waals surface area contributed by atoms with Crippen LogP contribution in [0.5, 0.6) is 5.75 Å². The van der Waals surface area contributed by atoms with Gasteiger partial charge in [0.2, 0.25) is 0 Å². The van der Waals surface area contributed by atoms with Gasteiger partial charge < -0.3 is 9.47 Å². The molecule has 0 saturated heterocycles. The molecule has 0 radical (unpaired) electrons. The van der Waals surface area contributed by atoms with Crippen molar-refractivity contribution in [2.45, 2.75) is 71.0 Å². The first-order valence-corrected chi connectivity index (χ1v) is 11.2. The van der Waals surface area contributed by atoms with E-state index in [4.69, 9.17) is 9.47 Å². The van der Waals surface area contributed by atoms with Crippen molar-refractivity contribution in [2.24, 2.45) is 0 Å². The normalized spacial score (nSPS) is 19.9. The van der Waals surface area contributed by atoms with Gasteiger partial charge in [0.25, 0.3) is 0 Å². The van der Waals surface area contributed by atoms with Crippen molar-refractivity contribution in [2.75, 3.05) is 7.11 Å². The van der Waals surface area contributed by atoms with Crippen LogP contribution in [-0.2, 0) is 16.0 Å². The molecular weight excluding hydrogens is 391 g/mol. The highest BCUT2D eigenvalue weighted by Gasteiger charge is 2.50. The molecule has 1 saturated carbocycles. The Bertz CT molecular complexity index is 1060. The van der Waals surface area contributed by atoms with Crippen molar-refractivity contribution in [3.8, 4) is 16.9 Å². The minimum absolute atomic E-state index is 0.0495. The maximum Gasteiger partial charge on any atom is 0.194 e. The van der Waals surface area contributed by atoms with Gasteiger partial charge >= 0.3 is 0 Å². The minimum atomic E-state index is -0.840. The predicted molar refractivity (Wildman–Crippen MR) is 122 cm³/mol. The molecule has 4 rings (SSSR count). The zero-order valence-corrected chi connectivity index (χ0v) is 19.1. The Hall–Kier alpha value is -2.46. The van der Waals surface area contributed by atoms with Gasteiger partial charge in [0, 0.05) is 5.57 Å². The van der Waals surface area contributed by atoms with Gasteiger partial charge in [-0.25, -0.2) is 4.39 Å². The van der Waals surface area contributed by atoms with Crippen molar-refractivity contribution in [1.82, 2.24) is 0 Å². The molecule has 0 unspecified atom stereocenters. The highest BCUT2D eigenvalue weighted by Crippen LogP contribution is 2.49. The second-order valence-corrected chi connectivity index (χ2v) is 9.22. The number of ketones is 1. The van der Waals surface area contributed by atoms with Gasteiger partial charge in [-0.3, -0.25) is 4.79 Å². The number of hydrogen-bond acceptors (Lipinski definition) is 3. The first kappa shape index (κ1) is 21.8. The Morgan fingerprint density at radius 3 is 2.35 bits per heavy atom. The molecule has 0 bridgehead atoms. The third kappa shape index (κ3) is 3.61. The molecule has 0 amide bonds. The molecule has 1 spiro atoms. The number of benzene rings is 2. The molecule has 2 aromatic carbocycles. The van der Waals surface area contributed by atoms with Gasteiger partial charge in [0.05, 0.1) is 12.7 Å². The van der Waals surface area contributed by atoms with E-state index < -0.39 is 5.60 Å². The molecule has 0 aromatic heterocycles. The molecule has 0 N–H and O–H groups in total. The fraction of sp³-hybridized carbons (Fsp3) is 0.444. The fourth-order valence-corrected chi connectivity index (χ4v) is 5.21. The molecule has 2 aliphatic rings. The average Bonchev–Trinajstić information content (AvgIpc) is 3.22. The molecule has 1 heterocycles. The number of Topliss-reactive ketones (excluding diaryl/α,β-unsaturated/α-hetero) is 1. The van der Waals surface area contributed by atoms with E-state index in [1.165, 1.54) is 13.2 Å². The second-order valence-electron chi connectivity index (χ2n) is 9.22. The van der Waals surface area contributed by atoms with Crippen molar-refractivity contribution in [3.63, 3.8) is 0 Å². The van der Waals surface area contributed by atoms with Crippen LogP contribution in [0.15, 0.2) is 42.0 Å². The van der Waals surface area contributed by atoms with Gasteiger partial charge in [-0.2, -0.15) is 0 Å². The first-order valence-electron chi connectivity index (χ1n) is 11.2. The van der Waals surface area contributed by atoms with Gasteiger partial charge in [-0.15, -0.1) is 0 Å². The first-order chi connectivity index (χ1) is 14.7. The summed E-state index contributed by atoms with van der Waals surface area (Å²) in [6, 6.07) is 11.1. The monoisotopic (exact) mass is 422 g/mol. The molecule has 31 heavy (non-hydrogen) atoms. The lowest BCUT2D eigenvalue weighted by atomic mass is 9.76. The quantitative estimate of drug-likeness (QED) is 0.562. The molecule has 1 fully saturated rings. The van der Waals surface area contributed by atoms with Crippen molar-refractivity contribution < 1.29 is 18.7 Å². The summed E-state index contributed by atoms with van der Waals surface area (Å²) in [5, 5.41) is 0. The van der Waals surface area contributed by atoms with E-state index in [0.29, 0.717) is 0 Å². The van der Waals surface area contributed by atoms with E-state index in [1.54, 1.807) is 12.1 Å². The third-order valence-corrected chi connectivity index (χ3v) is 6.93. The smallest absolute Gasteiger partial charge is 0.194 e. The molecule has 3 nitrogen and oxygen atoms in total. The number of halogens is 1. The van der Waals surface area contributed by atoms with E-state index in [1.807, 2.05) is 26.0 Å². The minimum Gasteiger partial charge on any atom is -0.494 e. The Labute approximate surface area is 184 Å². The van der Waals surface area contributed by atoms with Crippen LogP contribution < -0.4 is 4.74 Å². The number of ether oxygens (including phenoxy) is 2. The van der Waals surface area contributed by atoms with Gasteiger partial charge in [0.15, 0.2) is 17.3 Å². The summed E-state index contributed by atoms with van der Waals surface area (Å²) in [7, 11) is 1.47. The summed E-state index contributed by atoms with van der Waals surface area (Å²) >= 11 is 0. The highest BCUT2D eigenvalue weighted by atomic mass is 19.1. The predicted octanol–water partition coefficient (Wildman–Crippen LogP) is 6.53. The van der Waals surface area contributed by atoms with Crippen LogP contribution in [0.25, 0.3) is 16.7 Å². The average molecular weight is 423 g/mol. The number of aryl methyl sites for hydroxylation is 1. The molecule has 1 aliphatic heterocycles. The van der Waals surface area contributed by atoms with Crippen LogP contribution in [-0.4, -0.2) is 24.1 Å². The van der Waals surface area contributed by atoms with Crippen LogP contribution in [0.3, 0.4) is 0 Å². The van der Waals surface area contributed by atoms with Crippen molar-refractivity contribution in [1.29, 1.82) is 0 Å². The SMILES string of the molecule is CCc1cc(-c2ccc(F)c(OC)c2)ccc1C1=C(C)C2(CCCC2)OC(C)(C)C1=O. The van der Waals surface area contributed by atoms with E-state index in [9.17, 15) is 9.18 Å². The summed E-state index contributed by atoms with van der Waals surface area (Å²) in [5.41, 5.74) is 4.68. The van der Waals surface area contributed by atoms with Gasteiger partial charge in [0.1, 0.15) is 5.60 Å². The molecule has 2 aromatic rings. The molecule has 4 heteroatoms. The number of carbonyl (C=O) groups excluding carboxylic acids is 1. The standard InChI is InChI=1S/C27H31FO3/c1-6-18-15-19(20-10-12-22(28)23(16-20)30-5)9-11-21(18)24-17(2)27(13-7-8-14-27)31-26(3,4)25(24)29/h9-12,15-16H,6-8,13-14H2,1-5H3. The lowest BCUT2D eigenvalue weighted by Crippen LogP contribution is -2.50. The van der Waals surface area contributed by atoms with Crippen LogP contribution in [0, 0.1) is 5.82 Å². The fourth-order valence-electron chi connectivity index (χ4n) is 5.21. The largest absolute Gasteiger partial charge is 0.494 e. The number of methoxy groups -OCH3 is 1. The van der Waals surface area contributed by atoms with Crippen molar-refractivity contribution >= 4 is 11.4 Å². The number of hydrogen-bond donors (Lipinski definition) is 0. The maximum absolute atomic E-state index is 13.9. The highest BCUT2D eigenvalue weighted by molar-refractivity contribution is 6.26. The van der Waals surface area contributed by atoms with Crippen molar-refractivity contribution in [3.05, 3.63) is 58.9 Å². The summed E-state index contributed by atoms with van der Waals surface area (Å²) in [6.45, 7) is 7.97. The number of rotatable bonds is 4. The Morgan fingerprint density at radius 1 is 1.06 bits per heavy atom. The lowest BCUT2D eigenvalue weighted by molar-refractivity contribution is -0.157. The van der Waals surface area contributed by atoms with E-state index in [-0.39, 0.29) is 23.0 Å². The van der Waals surface area contributed by atoms with Crippen LogP contribution in [0.2, 0.25) is 0 Å². The molecule has 1 aliphatic carbocycles. The number of carbonyl (C=O) groups is 1. The Morgan fingerprint density at radius 2 is 1.71 bits per heavy atom. The summed E-state index contributed by atoms with van der Waals surface area (Å²) in [6.07, 6.45) is 4.98. The van der Waals surface area contributed by atoms with E-state index >= 15 is 0 Å². The molecular formula is C27H31FO3. The van der Waals surface area contributed by atoms with Gasteiger partial charge in [-0.05, 0) is 80.0 Å². The zero-order valence-electron chi connectivity index (χ0n) is 19.1. The van der Waals surface area contributed by atoms with E-state index in [0.717, 1.165) is 65.5 Å². The van der Waals surface area contributed by atoms with Crippen LogP contribution in [0.1, 0.15) is 64.5 Å². The zero-order chi connectivity index (χ0) is 22.4. The van der Waals surface area contributed by atoms with Gasteiger partial charge in [-0.1, -0.05) is 44.0 Å². The summed E-state index contributed by atoms with van der Waals surface area (Å²) in [5.74, 6) is -0.104.